The lowest BCUT2D eigenvalue weighted by Gasteiger charge is -2.30. The molecular weight excluding hydrogens is 336 g/mol. The predicted octanol–water partition coefficient (Wildman–Crippen LogP) is 3.53. The molecule has 0 saturated heterocycles. The normalized spacial score (nSPS) is 20.5. The second-order valence-corrected chi connectivity index (χ2v) is 5.70. The number of carboxylic acids is 1. The molecule has 2 atom stereocenters. The van der Waals surface area contributed by atoms with Crippen LogP contribution in [0.15, 0.2) is 53.0 Å². The van der Waals surface area contributed by atoms with E-state index in [0.29, 0.717) is 21.2 Å². The molecule has 1 N–H and O–H groups in total. The first kappa shape index (κ1) is 13.8. The predicted molar refractivity (Wildman–Crippen MR) is 79.1 cm³/mol. The second kappa shape index (κ2) is 5.33. The maximum absolute atomic E-state index is 12.2. The number of halogens is 1. The van der Waals surface area contributed by atoms with E-state index in [4.69, 9.17) is 4.74 Å². The minimum absolute atomic E-state index is 0.295. The van der Waals surface area contributed by atoms with Crippen molar-refractivity contribution in [2.45, 2.75) is 12.0 Å². The number of carbonyl (C=O) groups is 2. The van der Waals surface area contributed by atoms with Crippen LogP contribution in [0.4, 0.5) is 0 Å². The van der Waals surface area contributed by atoms with Gasteiger partial charge in [-0.05, 0) is 23.3 Å². The first-order valence-corrected chi connectivity index (χ1v) is 7.15. The van der Waals surface area contributed by atoms with Crippen LogP contribution in [0.2, 0.25) is 0 Å². The second-order valence-electron chi connectivity index (χ2n) is 4.78. The Labute approximate surface area is 129 Å². The molecule has 1 aliphatic heterocycles. The lowest BCUT2D eigenvalue weighted by molar-refractivity contribution is -0.142. The molecule has 0 amide bonds. The molecule has 0 saturated carbocycles. The van der Waals surface area contributed by atoms with Crippen molar-refractivity contribution in [3.05, 3.63) is 69.7 Å². The fourth-order valence-electron chi connectivity index (χ4n) is 2.55. The molecular formula is C16H11BrO4. The average molecular weight is 347 g/mol. The van der Waals surface area contributed by atoms with E-state index in [1.165, 1.54) is 0 Å². The minimum atomic E-state index is -1.01. The number of carbonyl (C=O) groups excluding carboxylic acids is 1. The maximum Gasteiger partial charge on any atom is 0.339 e. The fraction of sp³-hybridized carbons (Fsp3) is 0.125. The Morgan fingerprint density at radius 3 is 2.52 bits per heavy atom. The third-order valence-corrected chi connectivity index (χ3v) is 3.99. The number of cyclic esters (lactones) is 1. The van der Waals surface area contributed by atoms with Crippen molar-refractivity contribution >= 4 is 27.9 Å². The quantitative estimate of drug-likeness (QED) is 0.845. The van der Waals surface area contributed by atoms with E-state index in [1.54, 1.807) is 42.5 Å². The molecule has 4 nitrogen and oxygen atoms in total. The van der Waals surface area contributed by atoms with Crippen LogP contribution in [0.25, 0.3) is 0 Å². The molecule has 1 aliphatic rings. The summed E-state index contributed by atoms with van der Waals surface area (Å²) in [5, 5.41) is 9.57. The van der Waals surface area contributed by atoms with E-state index in [9.17, 15) is 14.7 Å². The Kier molecular flexibility index (Phi) is 3.51. The number of ether oxygens (including phenoxy) is 1. The molecule has 0 aromatic heterocycles. The summed E-state index contributed by atoms with van der Waals surface area (Å²) in [6.07, 6.45) is -0.815. The first-order valence-electron chi connectivity index (χ1n) is 6.36. The number of rotatable bonds is 2. The fourth-order valence-corrected chi connectivity index (χ4v) is 2.91. The highest BCUT2D eigenvalue weighted by Gasteiger charge is 2.41. The van der Waals surface area contributed by atoms with E-state index in [0.717, 1.165) is 0 Å². The molecule has 0 bridgehead atoms. The third-order valence-electron chi connectivity index (χ3n) is 3.50. The summed E-state index contributed by atoms with van der Waals surface area (Å²) in [6, 6.07) is 13.9. The van der Waals surface area contributed by atoms with Gasteiger partial charge in [0.2, 0.25) is 0 Å². The van der Waals surface area contributed by atoms with Crippen molar-refractivity contribution in [3.63, 3.8) is 0 Å². The number of esters is 1. The number of aliphatic carboxylic acids is 1. The van der Waals surface area contributed by atoms with E-state index in [1.807, 2.05) is 6.07 Å². The van der Waals surface area contributed by atoms with Gasteiger partial charge in [-0.25, -0.2) is 4.79 Å². The van der Waals surface area contributed by atoms with Gasteiger partial charge in [-0.2, -0.15) is 0 Å². The van der Waals surface area contributed by atoms with Crippen LogP contribution in [-0.2, 0) is 9.53 Å². The van der Waals surface area contributed by atoms with Gasteiger partial charge in [0, 0.05) is 4.47 Å². The van der Waals surface area contributed by atoms with Gasteiger partial charge in [0.1, 0.15) is 12.0 Å². The van der Waals surface area contributed by atoms with Crippen molar-refractivity contribution in [2.24, 2.45) is 0 Å². The molecule has 0 fully saturated rings. The van der Waals surface area contributed by atoms with E-state index < -0.39 is 24.0 Å². The van der Waals surface area contributed by atoms with Gasteiger partial charge in [0.15, 0.2) is 0 Å². The summed E-state index contributed by atoms with van der Waals surface area (Å²) in [4.78, 5) is 23.8. The summed E-state index contributed by atoms with van der Waals surface area (Å²) in [7, 11) is 0. The zero-order valence-electron chi connectivity index (χ0n) is 10.8. The van der Waals surface area contributed by atoms with Gasteiger partial charge in [-0.3, -0.25) is 4.79 Å². The molecule has 2 unspecified atom stereocenters. The number of hydrogen-bond acceptors (Lipinski definition) is 3. The topological polar surface area (TPSA) is 63.6 Å². The summed E-state index contributed by atoms with van der Waals surface area (Å²) < 4.78 is 6.10. The average Bonchev–Trinajstić information content (AvgIpc) is 2.48. The van der Waals surface area contributed by atoms with Crippen LogP contribution < -0.4 is 0 Å². The molecule has 106 valence electrons. The Bertz CT molecular complexity index is 711. The van der Waals surface area contributed by atoms with Gasteiger partial charge in [-0.15, -0.1) is 0 Å². The van der Waals surface area contributed by atoms with Crippen molar-refractivity contribution < 1.29 is 19.4 Å². The van der Waals surface area contributed by atoms with Crippen molar-refractivity contribution in [2.75, 3.05) is 0 Å². The van der Waals surface area contributed by atoms with Crippen molar-refractivity contribution in [1.82, 2.24) is 0 Å². The SMILES string of the molecule is O=C1OC(c2ccccc2)C(C(=O)O)c2ccc(Br)cc21. The van der Waals surface area contributed by atoms with Gasteiger partial charge in [0.25, 0.3) is 0 Å². The largest absolute Gasteiger partial charge is 0.481 e. The summed E-state index contributed by atoms with van der Waals surface area (Å²) >= 11 is 3.28. The molecule has 2 aromatic carbocycles. The van der Waals surface area contributed by atoms with E-state index in [2.05, 4.69) is 15.9 Å². The number of hydrogen-bond donors (Lipinski definition) is 1. The van der Waals surface area contributed by atoms with E-state index >= 15 is 0 Å². The molecule has 0 aliphatic carbocycles. The monoisotopic (exact) mass is 346 g/mol. The number of carboxylic acid groups (broad SMARTS) is 1. The Morgan fingerprint density at radius 2 is 1.86 bits per heavy atom. The number of benzene rings is 2. The van der Waals surface area contributed by atoms with Crippen LogP contribution in [0, 0.1) is 0 Å². The smallest absolute Gasteiger partial charge is 0.339 e. The molecule has 0 radical (unpaired) electrons. The van der Waals surface area contributed by atoms with Crippen molar-refractivity contribution in [3.8, 4) is 0 Å². The minimum Gasteiger partial charge on any atom is -0.481 e. The lowest BCUT2D eigenvalue weighted by atomic mass is 9.84. The highest BCUT2D eigenvalue weighted by Crippen LogP contribution is 2.41. The van der Waals surface area contributed by atoms with Crippen LogP contribution in [0.1, 0.15) is 33.5 Å². The van der Waals surface area contributed by atoms with Crippen LogP contribution >= 0.6 is 15.9 Å². The number of fused-ring (bicyclic) bond motifs is 1. The lowest BCUT2D eigenvalue weighted by Crippen LogP contribution is -2.31. The summed E-state index contributed by atoms with van der Waals surface area (Å²) in [6.45, 7) is 0. The van der Waals surface area contributed by atoms with Crippen LogP contribution in [-0.4, -0.2) is 17.0 Å². The van der Waals surface area contributed by atoms with Crippen molar-refractivity contribution in [1.29, 1.82) is 0 Å². The molecule has 0 spiro atoms. The highest BCUT2D eigenvalue weighted by molar-refractivity contribution is 9.10. The van der Waals surface area contributed by atoms with Gasteiger partial charge in [0.05, 0.1) is 5.56 Å². The van der Waals surface area contributed by atoms with Crippen LogP contribution in [0.5, 0.6) is 0 Å². The van der Waals surface area contributed by atoms with Crippen LogP contribution in [0.3, 0.4) is 0 Å². The molecule has 2 aromatic rings. The van der Waals surface area contributed by atoms with E-state index in [-0.39, 0.29) is 0 Å². The molecule has 1 heterocycles. The first-order chi connectivity index (χ1) is 10.1. The Balaban J connectivity index is 2.15. The Hall–Kier alpha value is -2.14. The zero-order chi connectivity index (χ0) is 15.0. The highest BCUT2D eigenvalue weighted by atomic mass is 79.9. The standard InChI is InChI=1S/C16H11BrO4/c17-10-6-7-11-12(8-10)16(20)21-14(13(11)15(18)19)9-4-2-1-3-5-9/h1-8,13-14H,(H,18,19). The molecule has 5 heteroatoms. The van der Waals surface area contributed by atoms with Gasteiger partial charge in [-0.1, -0.05) is 52.3 Å². The van der Waals surface area contributed by atoms with Gasteiger partial charge < -0.3 is 9.84 Å². The Morgan fingerprint density at radius 1 is 1.14 bits per heavy atom. The molecule has 21 heavy (non-hydrogen) atoms. The third kappa shape index (κ3) is 2.45. The summed E-state index contributed by atoms with van der Waals surface area (Å²) in [5.74, 6) is -2.43. The maximum atomic E-state index is 12.2. The summed E-state index contributed by atoms with van der Waals surface area (Å²) in [5.41, 5.74) is 1.45. The molecule has 3 rings (SSSR count). The van der Waals surface area contributed by atoms with Gasteiger partial charge >= 0.3 is 11.9 Å². The zero-order valence-corrected chi connectivity index (χ0v) is 12.4.